The van der Waals surface area contributed by atoms with Crippen molar-refractivity contribution in [3.05, 3.63) is 41.2 Å². The molecule has 6 nitrogen and oxygen atoms in total. The Kier molecular flexibility index (Phi) is 5.00. The van der Waals surface area contributed by atoms with Crippen molar-refractivity contribution in [2.75, 3.05) is 6.54 Å². The predicted molar refractivity (Wildman–Crippen MR) is 99.3 cm³/mol. The van der Waals surface area contributed by atoms with E-state index in [0.29, 0.717) is 23.2 Å². The standard InChI is InChI=1S/C18H19ClN4O2S/c19-13-6-4-12(5-7-13)16(24)22-10-2-1-3-15(17(22)25)26-18-21-20-11-23(18)14-8-9-14/h4-7,11,14-15H,1-3,8-10H2. The first-order chi connectivity index (χ1) is 12.6. The van der Waals surface area contributed by atoms with E-state index in [0.717, 1.165) is 37.3 Å². The van der Waals surface area contributed by atoms with Crippen LogP contribution in [0.1, 0.15) is 48.5 Å². The Balaban J connectivity index is 1.53. The molecule has 1 saturated heterocycles. The molecule has 1 aromatic heterocycles. The Hall–Kier alpha value is -1.86. The Labute approximate surface area is 160 Å². The molecule has 2 fully saturated rings. The number of thioether (sulfide) groups is 1. The summed E-state index contributed by atoms with van der Waals surface area (Å²) in [4.78, 5) is 27.3. The SMILES string of the molecule is O=C(c1ccc(Cl)cc1)N1CCCCC(Sc2nncn2C2CC2)C1=O. The number of hydrogen-bond acceptors (Lipinski definition) is 5. The second kappa shape index (κ2) is 7.40. The first-order valence-electron chi connectivity index (χ1n) is 8.81. The Morgan fingerprint density at radius 1 is 1.15 bits per heavy atom. The molecule has 1 unspecified atom stereocenters. The van der Waals surface area contributed by atoms with Crippen LogP contribution in [0.4, 0.5) is 0 Å². The van der Waals surface area contributed by atoms with Crippen LogP contribution in [0.5, 0.6) is 0 Å². The van der Waals surface area contributed by atoms with Gasteiger partial charge in [0.1, 0.15) is 6.33 Å². The smallest absolute Gasteiger partial charge is 0.260 e. The van der Waals surface area contributed by atoms with Crippen LogP contribution in [0.25, 0.3) is 0 Å². The van der Waals surface area contributed by atoms with Crippen molar-refractivity contribution in [2.45, 2.75) is 48.6 Å². The van der Waals surface area contributed by atoms with Crippen LogP contribution >= 0.6 is 23.4 Å². The number of carbonyl (C=O) groups excluding carboxylic acids is 2. The van der Waals surface area contributed by atoms with E-state index in [-0.39, 0.29) is 17.1 Å². The van der Waals surface area contributed by atoms with Crippen LogP contribution < -0.4 is 0 Å². The van der Waals surface area contributed by atoms with Crippen molar-refractivity contribution in [3.63, 3.8) is 0 Å². The minimum atomic E-state index is -0.310. The molecule has 1 atom stereocenters. The molecular weight excluding hydrogens is 372 g/mol. The van der Waals surface area contributed by atoms with Gasteiger partial charge in [-0.05, 0) is 49.9 Å². The zero-order chi connectivity index (χ0) is 18.1. The molecule has 0 spiro atoms. The second-order valence-electron chi connectivity index (χ2n) is 6.66. The summed E-state index contributed by atoms with van der Waals surface area (Å²) in [6.45, 7) is 0.451. The van der Waals surface area contributed by atoms with Crippen molar-refractivity contribution in [1.82, 2.24) is 19.7 Å². The zero-order valence-electron chi connectivity index (χ0n) is 14.2. The molecular formula is C18H19ClN4O2S. The average molecular weight is 391 g/mol. The van der Waals surface area contributed by atoms with Crippen LogP contribution in [-0.4, -0.2) is 43.3 Å². The van der Waals surface area contributed by atoms with Crippen molar-refractivity contribution in [2.24, 2.45) is 0 Å². The fourth-order valence-electron chi connectivity index (χ4n) is 3.11. The van der Waals surface area contributed by atoms with E-state index in [9.17, 15) is 9.59 Å². The summed E-state index contributed by atoms with van der Waals surface area (Å²) in [7, 11) is 0. The molecule has 0 radical (unpaired) electrons. The highest BCUT2D eigenvalue weighted by atomic mass is 35.5. The van der Waals surface area contributed by atoms with Crippen LogP contribution in [0.2, 0.25) is 5.02 Å². The normalized spacial score (nSPS) is 20.9. The van der Waals surface area contributed by atoms with Gasteiger partial charge in [-0.15, -0.1) is 10.2 Å². The van der Waals surface area contributed by atoms with Gasteiger partial charge < -0.3 is 4.57 Å². The van der Waals surface area contributed by atoms with Crippen molar-refractivity contribution in [3.8, 4) is 0 Å². The number of halogens is 1. The van der Waals surface area contributed by atoms with E-state index in [2.05, 4.69) is 10.2 Å². The fraction of sp³-hybridized carbons (Fsp3) is 0.444. The summed E-state index contributed by atoms with van der Waals surface area (Å²) >= 11 is 7.33. The summed E-state index contributed by atoms with van der Waals surface area (Å²) < 4.78 is 2.05. The summed E-state index contributed by atoms with van der Waals surface area (Å²) in [5.74, 6) is -0.402. The molecule has 1 aliphatic carbocycles. The molecule has 0 N–H and O–H groups in total. The lowest BCUT2D eigenvalue weighted by atomic mass is 10.2. The van der Waals surface area contributed by atoms with Gasteiger partial charge in [-0.1, -0.05) is 29.8 Å². The highest BCUT2D eigenvalue weighted by Crippen LogP contribution is 2.39. The van der Waals surface area contributed by atoms with Crippen LogP contribution in [-0.2, 0) is 4.79 Å². The largest absolute Gasteiger partial charge is 0.306 e. The lowest BCUT2D eigenvalue weighted by Gasteiger charge is -2.22. The highest BCUT2D eigenvalue weighted by molar-refractivity contribution is 8.00. The first kappa shape index (κ1) is 17.5. The summed E-state index contributed by atoms with van der Waals surface area (Å²) in [6.07, 6.45) is 6.46. The number of rotatable bonds is 4. The van der Waals surface area contributed by atoms with E-state index in [4.69, 9.17) is 11.6 Å². The molecule has 136 valence electrons. The van der Waals surface area contributed by atoms with E-state index in [1.54, 1.807) is 30.6 Å². The average Bonchev–Trinajstić information content (AvgIpc) is 3.41. The molecule has 2 heterocycles. The quantitative estimate of drug-likeness (QED) is 0.746. The summed E-state index contributed by atoms with van der Waals surface area (Å²) in [6, 6.07) is 7.12. The van der Waals surface area contributed by atoms with Crippen LogP contribution in [0, 0.1) is 0 Å². The Bertz CT molecular complexity index is 819. The van der Waals surface area contributed by atoms with Gasteiger partial charge >= 0.3 is 0 Å². The topological polar surface area (TPSA) is 68.1 Å². The van der Waals surface area contributed by atoms with Crippen molar-refractivity contribution >= 4 is 35.2 Å². The predicted octanol–water partition coefficient (Wildman–Crippen LogP) is 3.58. The Morgan fingerprint density at radius 2 is 1.92 bits per heavy atom. The number of carbonyl (C=O) groups is 2. The lowest BCUT2D eigenvalue weighted by molar-refractivity contribution is -0.127. The monoisotopic (exact) mass is 390 g/mol. The summed E-state index contributed by atoms with van der Waals surface area (Å²) in [5.41, 5.74) is 0.481. The third-order valence-electron chi connectivity index (χ3n) is 4.70. The van der Waals surface area contributed by atoms with Gasteiger partial charge in [0.05, 0.1) is 5.25 Å². The molecule has 26 heavy (non-hydrogen) atoms. The molecule has 2 amide bonds. The molecule has 1 saturated carbocycles. The maximum atomic E-state index is 13.1. The van der Waals surface area contributed by atoms with Gasteiger partial charge in [0.2, 0.25) is 5.91 Å². The molecule has 2 aromatic rings. The van der Waals surface area contributed by atoms with Crippen LogP contribution in [0.15, 0.2) is 35.7 Å². The lowest BCUT2D eigenvalue weighted by Crippen LogP contribution is -2.41. The molecule has 1 aliphatic heterocycles. The maximum absolute atomic E-state index is 13.1. The number of aromatic nitrogens is 3. The van der Waals surface area contributed by atoms with Gasteiger partial charge in [0.15, 0.2) is 5.16 Å². The summed E-state index contributed by atoms with van der Waals surface area (Å²) in [5, 5.41) is 9.20. The number of nitrogens with zero attached hydrogens (tertiary/aromatic N) is 4. The van der Waals surface area contributed by atoms with E-state index >= 15 is 0 Å². The van der Waals surface area contributed by atoms with Gasteiger partial charge in [-0.3, -0.25) is 14.5 Å². The number of imide groups is 1. The second-order valence-corrected chi connectivity index (χ2v) is 8.26. The first-order valence-corrected chi connectivity index (χ1v) is 10.1. The van der Waals surface area contributed by atoms with Gasteiger partial charge in [-0.2, -0.15) is 0 Å². The molecule has 8 heteroatoms. The number of hydrogen-bond donors (Lipinski definition) is 0. The number of likely N-dealkylation sites (tertiary alicyclic amines) is 1. The molecule has 0 bridgehead atoms. The van der Waals surface area contributed by atoms with Crippen molar-refractivity contribution < 1.29 is 9.59 Å². The Morgan fingerprint density at radius 3 is 2.65 bits per heavy atom. The highest BCUT2D eigenvalue weighted by Gasteiger charge is 2.34. The minimum absolute atomic E-state index is 0.141. The molecule has 1 aromatic carbocycles. The molecule has 2 aliphatic rings. The van der Waals surface area contributed by atoms with E-state index < -0.39 is 0 Å². The van der Waals surface area contributed by atoms with Crippen molar-refractivity contribution in [1.29, 1.82) is 0 Å². The third-order valence-corrected chi connectivity index (χ3v) is 6.18. The fourth-order valence-corrected chi connectivity index (χ4v) is 4.42. The van der Waals surface area contributed by atoms with E-state index in [1.165, 1.54) is 16.7 Å². The van der Waals surface area contributed by atoms with Gasteiger partial charge in [-0.25, -0.2) is 0 Å². The van der Waals surface area contributed by atoms with E-state index in [1.807, 2.05) is 4.57 Å². The maximum Gasteiger partial charge on any atom is 0.260 e. The molecule has 4 rings (SSSR count). The van der Waals surface area contributed by atoms with Gasteiger partial charge in [0, 0.05) is 23.2 Å². The zero-order valence-corrected chi connectivity index (χ0v) is 15.7. The third kappa shape index (κ3) is 3.64. The number of amides is 2. The minimum Gasteiger partial charge on any atom is -0.306 e. The van der Waals surface area contributed by atoms with Crippen LogP contribution in [0.3, 0.4) is 0 Å². The van der Waals surface area contributed by atoms with Gasteiger partial charge in [0.25, 0.3) is 5.91 Å². The number of benzene rings is 1.